The number of nitrogens with zero attached hydrogens (tertiary/aromatic N) is 3. The summed E-state index contributed by atoms with van der Waals surface area (Å²) in [5.74, 6) is 0.838. The van der Waals surface area contributed by atoms with Crippen LogP contribution >= 0.6 is 0 Å². The Hall–Kier alpha value is -1.57. The fraction of sp³-hybridized carbons (Fsp3) is 0.562. The maximum absolute atomic E-state index is 8.73. The van der Waals surface area contributed by atoms with E-state index in [0.717, 1.165) is 38.5 Å². The minimum absolute atomic E-state index is 0.645. The fourth-order valence-electron chi connectivity index (χ4n) is 2.42. The van der Waals surface area contributed by atoms with E-state index in [1.54, 1.807) is 12.1 Å². The van der Waals surface area contributed by atoms with Crippen molar-refractivity contribution in [2.45, 2.75) is 19.9 Å². The number of piperazine rings is 1. The molecule has 0 unspecified atom stereocenters. The monoisotopic (exact) mass is 273 g/mol. The molecule has 2 rings (SSSR count). The molecular weight excluding hydrogens is 250 g/mol. The van der Waals surface area contributed by atoms with Crippen molar-refractivity contribution in [1.29, 1.82) is 5.26 Å². The van der Waals surface area contributed by atoms with Gasteiger partial charge < -0.3 is 4.74 Å². The van der Waals surface area contributed by atoms with E-state index in [-0.39, 0.29) is 0 Å². The topological polar surface area (TPSA) is 39.5 Å². The molecule has 1 heterocycles. The van der Waals surface area contributed by atoms with Crippen LogP contribution in [0.1, 0.15) is 19.4 Å². The van der Waals surface area contributed by atoms with E-state index in [4.69, 9.17) is 10.00 Å². The Labute approximate surface area is 121 Å². The molecule has 1 saturated heterocycles. The van der Waals surface area contributed by atoms with Gasteiger partial charge in [-0.2, -0.15) is 5.26 Å². The first-order valence-corrected chi connectivity index (χ1v) is 7.28. The lowest BCUT2D eigenvalue weighted by atomic mass is 10.2. The summed E-state index contributed by atoms with van der Waals surface area (Å²) in [5, 5.41) is 8.73. The van der Waals surface area contributed by atoms with Gasteiger partial charge >= 0.3 is 0 Å². The molecule has 0 N–H and O–H groups in total. The van der Waals surface area contributed by atoms with Crippen molar-refractivity contribution in [1.82, 2.24) is 9.80 Å². The van der Waals surface area contributed by atoms with Gasteiger partial charge in [-0.1, -0.05) is 0 Å². The quantitative estimate of drug-likeness (QED) is 0.822. The van der Waals surface area contributed by atoms with Crippen molar-refractivity contribution >= 4 is 0 Å². The maximum Gasteiger partial charge on any atom is 0.119 e. The molecule has 0 saturated carbocycles. The third-order valence-electron chi connectivity index (χ3n) is 3.80. The summed E-state index contributed by atoms with van der Waals surface area (Å²) < 4.78 is 5.72. The van der Waals surface area contributed by atoms with Crippen LogP contribution in [0, 0.1) is 11.3 Å². The lowest BCUT2D eigenvalue weighted by molar-refractivity contribution is 0.0971. The zero-order valence-corrected chi connectivity index (χ0v) is 12.4. The molecule has 0 aliphatic carbocycles. The molecule has 4 heteroatoms. The summed E-state index contributed by atoms with van der Waals surface area (Å²) in [5.41, 5.74) is 0.669. The highest BCUT2D eigenvalue weighted by molar-refractivity contribution is 5.34. The molecule has 0 aromatic heterocycles. The van der Waals surface area contributed by atoms with Gasteiger partial charge in [0.15, 0.2) is 0 Å². The maximum atomic E-state index is 8.73. The minimum Gasteiger partial charge on any atom is -0.492 e. The van der Waals surface area contributed by atoms with Gasteiger partial charge in [0.1, 0.15) is 12.4 Å². The van der Waals surface area contributed by atoms with Gasteiger partial charge in [0.05, 0.1) is 11.6 Å². The van der Waals surface area contributed by atoms with E-state index >= 15 is 0 Å². The molecule has 0 radical (unpaired) electrons. The summed E-state index contributed by atoms with van der Waals surface area (Å²) >= 11 is 0. The average Bonchev–Trinajstić information content (AvgIpc) is 2.48. The fourth-order valence-corrected chi connectivity index (χ4v) is 2.42. The highest BCUT2D eigenvalue weighted by Crippen LogP contribution is 2.12. The Morgan fingerprint density at radius 3 is 2.35 bits per heavy atom. The van der Waals surface area contributed by atoms with Crippen LogP contribution < -0.4 is 4.74 Å². The van der Waals surface area contributed by atoms with Gasteiger partial charge in [-0.15, -0.1) is 0 Å². The molecule has 1 aliphatic rings. The summed E-state index contributed by atoms with van der Waals surface area (Å²) in [6, 6.07) is 10.0. The molecule has 1 aliphatic heterocycles. The highest BCUT2D eigenvalue weighted by atomic mass is 16.5. The predicted molar refractivity (Wildman–Crippen MR) is 79.8 cm³/mol. The molecule has 1 aromatic carbocycles. The Morgan fingerprint density at radius 2 is 1.80 bits per heavy atom. The first kappa shape index (κ1) is 14.8. The highest BCUT2D eigenvalue weighted by Gasteiger charge is 2.18. The van der Waals surface area contributed by atoms with Gasteiger partial charge in [-0.25, -0.2) is 0 Å². The zero-order valence-electron chi connectivity index (χ0n) is 12.4. The Balaban J connectivity index is 1.67. The van der Waals surface area contributed by atoms with Crippen LogP contribution in [0.5, 0.6) is 5.75 Å². The largest absolute Gasteiger partial charge is 0.492 e. The van der Waals surface area contributed by atoms with E-state index in [0.29, 0.717) is 18.2 Å². The lowest BCUT2D eigenvalue weighted by Gasteiger charge is -2.36. The van der Waals surface area contributed by atoms with Crippen LogP contribution in [0.3, 0.4) is 0 Å². The van der Waals surface area contributed by atoms with Gasteiger partial charge in [-0.05, 0) is 38.1 Å². The standard InChI is InChI=1S/C16H23N3O/c1-14(2)19-9-7-18(8-10-19)11-12-20-16-5-3-15(13-17)4-6-16/h3-6,14H,7-12H2,1-2H3. The van der Waals surface area contributed by atoms with Crippen LogP contribution in [0.15, 0.2) is 24.3 Å². The normalized spacial score (nSPS) is 17.1. The molecule has 0 bridgehead atoms. The van der Waals surface area contributed by atoms with Crippen molar-refractivity contribution in [2.75, 3.05) is 39.3 Å². The van der Waals surface area contributed by atoms with E-state index in [1.807, 2.05) is 12.1 Å². The first-order chi connectivity index (χ1) is 9.69. The first-order valence-electron chi connectivity index (χ1n) is 7.28. The zero-order chi connectivity index (χ0) is 14.4. The second kappa shape index (κ2) is 7.28. The Kier molecular flexibility index (Phi) is 5.40. The van der Waals surface area contributed by atoms with Crippen molar-refractivity contribution in [2.24, 2.45) is 0 Å². The molecule has 108 valence electrons. The lowest BCUT2D eigenvalue weighted by Crippen LogP contribution is -2.49. The summed E-state index contributed by atoms with van der Waals surface area (Å²) in [4.78, 5) is 4.96. The predicted octanol–water partition coefficient (Wildman–Crippen LogP) is 1.96. The van der Waals surface area contributed by atoms with E-state index in [2.05, 4.69) is 29.7 Å². The molecule has 1 aromatic rings. The third kappa shape index (κ3) is 4.22. The van der Waals surface area contributed by atoms with Crippen molar-refractivity contribution < 1.29 is 4.74 Å². The molecule has 0 amide bonds. The van der Waals surface area contributed by atoms with E-state index in [9.17, 15) is 0 Å². The summed E-state index contributed by atoms with van der Waals surface area (Å²) in [6.07, 6.45) is 0. The smallest absolute Gasteiger partial charge is 0.119 e. The summed E-state index contributed by atoms with van der Waals surface area (Å²) in [6.45, 7) is 10.7. The van der Waals surface area contributed by atoms with Gasteiger partial charge in [-0.3, -0.25) is 9.80 Å². The molecule has 20 heavy (non-hydrogen) atoms. The number of hydrogen-bond acceptors (Lipinski definition) is 4. The van der Waals surface area contributed by atoms with E-state index < -0.39 is 0 Å². The number of ether oxygens (including phenoxy) is 1. The second-order valence-corrected chi connectivity index (χ2v) is 5.46. The molecule has 0 spiro atoms. The van der Waals surface area contributed by atoms with Crippen LogP contribution in [0.25, 0.3) is 0 Å². The van der Waals surface area contributed by atoms with Crippen molar-refractivity contribution in [3.8, 4) is 11.8 Å². The van der Waals surface area contributed by atoms with Crippen molar-refractivity contribution in [3.05, 3.63) is 29.8 Å². The molecular formula is C16H23N3O. The van der Waals surface area contributed by atoms with E-state index in [1.165, 1.54) is 0 Å². The van der Waals surface area contributed by atoms with Gasteiger partial charge in [0.2, 0.25) is 0 Å². The third-order valence-corrected chi connectivity index (χ3v) is 3.80. The van der Waals surface area contributed by atoms with Crippen LogP contribution in [0.2, 0.25) is 0 Å². The molecule has 4 nitrogen and oxygen atoms in total. The number of nitriles is 1. The minimum atomic E-state index is 0.645. The van der Waals surface area contributed by atoms with Crippen LogP contribution in [-0.4, -0.2) is 55.2 Å². The van der Waals surface area contributed by atoms with Crippen LogP contribution in [0.4, 0.5) is 0 Å². The number of rotatable bonds is 5. The number of benzene rings is 1. The van der Waals surface area contributed by atoms with Crippen molar-refractivity contribution in [3.63, 3.8) is 0 Å². The average molecular weight is 273 g/mol. The second-order valence-electron chi connectivity index (χ2n) is 5.46. The Bertz CT molecular complexity index is 442. The SMILES string of the molecule is CC(C)N1CCN(CCOc2ccc(C#N)cc2)CC1. The Morgan fingerprint density at radius 1 is 1.15 bits per heavy atom. The van der Waals surface area contributed by atoms with Crippen LogP contribution in [-0.2, 0) is 0 Å². The van der Waals surface area contributed by atoms with Gasteiger partial charge in [0, 0.05) is 38.8 Å². The molecule has 1 fully saturated rings. The summed E-state index contributed by atoms with van der Waals surface area (Å²) in [7, 11) is 0. The number of hydrogen-bond donors (Lipinski definition) is 0. The molecule has 0 atom stereocenters. The van der Waals surface area contributed by atoms with Gasteiger partial charge in [0.25, 0.3) is 0 Å².